The lowest BCUT2D eigenvalue weighted by Gasteiger charge is -2.28. The van der Waals surface area contributed by atoms with Crippen molar-refractivity contribution >= 4 is 23.6 Å². The van der Waals surface area contributed by atoms with Crippen LogP contribution in [0.5, 0.6) is 0 Å². The molecule has 2 aliphatic rings. The van der Waals surface area contributed by atoms with E-state index in [1.54, 1.807) is 18.9 Å². The van der Waals surface area contributed by atoms with Gasteiger partial charge in [0.05, 0.1) is 18.9 Å². The van der Waals surface area contributed by atoms with E-state index in [1.165, 1.54) is 6.42 Å². The van der Waals surface area contributed by atoms with Crippen molar-refractivity contribution in [2.45, 2.75) is 50.2 Å². The third-order valence-corrected chi connectivity index (χ3v) is 7.71. The van der Waals surface area contributed by atoms with E-state index < -0.39 is 0 Å². The summed E-state index contributed by atoms with van der Waals surface area (Å²) >= 11 is 1.54. The summed E-state index contributed by atoms with van der Waals surface area (Å²) < 4.78 is 7.14. The molecular formula is C25H35N5O3S. The normalized spacial score (nSPS) is 18.2. The van der Waals surface area contributed by atoms with E-state index in [0.717, 1.165) is 35.7 Å². The first-order valence-corrected chi connectivity index (χ1v) is 13.1. The summed E-state index contributed by atoms with van der Waals surface area (Å²) in [6.45, 7) is 7.06. The quantitative estimate of drug-likeness (QED) is 0.521. The lowest BCUT2D eigenvalue weighted by Crippen LogP contribution is -2.41. The van der Waals surface area contributed by atoms with Gasteiger partial charge in [0.15, 0.2) is 5.69 Å². The third-order valence-electron chi connectivity index (χ3n) is 6.72. The molecule has 2 amide bonds. The number of benzene rings is 1. The molecule has 0 spiro atoms. The van der Waals surface area contributed by atoms with Crippen LogP contribution < -0.4 is 5.32 Å². The minimum absolute atomic E-state index is 0.0834. The van der Waals surface area contributed by atoms with Crippen molar-refractivity contribution in [3.63, 3.8) is 0 Å². The maximum Gasteiger partial charge on any atom is 0.272 e. The van der Waals surface area contributed by atoms with Gasteiger partial charge in [0.25, 0.3) is 5.91 Å². The smallest absolute Gasteiger partial charge is 0.272 e. The Morgan fingerprint density at radius 1 is 1.24 bits per heavy atom. The van der Waals surface area contributed by atoms with Crippen molar-refractivity contribution in [2.24, 2.45) is 0 Å². The summed E-state index contributed by atoms with van der Waals surface area (Å²) in [5.41, 5.74) is 2.36. The van der Waals surface area contributed by atoms with E-state index in [1.807, 2.05) is 39.9 Å². The van der Waals surface area contributed by atoms with Crippen molar-refractivity contribution in [2.75, 3.05) is 45.6 Å². The van der Waals surface area contributed by atoms with E-state index in [2.05, 4.69) is 22.2 Å². The van der Waals surface area contributed by atoms with Gasteiger partial charge in [-0.05, 0) is 38.1 Å². The van der Waals surface area contributed by atoms with E-state index >= 15 is 0 Å². The molecule has 0 bridgehead atoms. The Bertz CT molecular complexity index is 980. The van der Waals surface area contributed by atoms with Gasteiger partial charge in [-0.3, -0.25) is 19.2 Å². The van der Waals surface area contributed by atoms with Gasteiger partial charge in [-0.15, -0.1) is 11.8 Å². The summed E-state index contributed by atoms with van der Waals surface area (Å²) in [4.78, 5) is 31.5. The number of ether oxygens (including phenoxy) is 1. The Labute approximate surface area is 206 Å². The average molecular weight is 486 g/mol. The van der Waals surface area contributed by atoms with Crippen LogP contribution in [0.4, 0.5) is 0 Å². The number of aromatic nitrogens is 2. The lowest BCUT2D eigenvalue weighted by atomic mass is 10.0. The molecule has 1 aromatic heterocycles. The Morgan fingerprint density at radius 2 is 2.06 bits per heavy atom. The van der Waals surface area contributed by atoms with Crippen LogP contribution >= 0.6 is 11.8 Å². The van der Waals surface area contributed by atoms with Crippen molar-refractivity contribution in [1.29, 1.82) is 0 Å². The second-order valence-corrected chi connectivity index (χ2v) is 9.84. The number of carbonyl (C=O) groups is 2. The van der Waals surface area contributed by atoms with Crippen molar-refractivity contribution in [1.82, 2.24) is 24.9 Å². The van der Waals surface area contributed by atoms with Gasteiger partial charge in [-0.25, -0.2) is 0 Å². The molecule has 3 heterocycles. The zero-order chi connectivity index (χ0) is 23.9. The second-order valence-electron chi connectivity index (χ2n) is 8.79. The second kappa shape index (κ2) is 11.9. The summed E-state index contributed by atoms with van der Waals surface area (Å²) in [6.07, 6.45) is 2.97. The molecule has 0 unspecified atom stereocenters. The first-order valence-electron chi connectivity index (χ1n) is 12.2. The molecule has 1 fully saturated rings. The molecule has 34 heavy (non-hydrogen) atoms. The highest BCUT2D eigenvalue weighted by molar-refractivity contribution is 8.00. The van der Waals surface area contributed by atoms with Crippen LogP contribution in [0.1, 0.15) is 41.5 Å². The van der Waals surface area contributed by atoms with Crippen LogP contribution in [0.15, 0.2) is 35.2 Å². The molecule has 8 nitrogen and oxygen atoms in total. The third kappa shape index (κ3) is 5.82. The fourth-order valence-electron chi connectivity index (χ4n) is 4.84. The van der Waals surface area contributed by atoms with Crippen molar-refractivity contribution < 1.29 is 14.3 Å². The number of hydrogen-bond acceptors (Lipinski definition) is 6. The van der Waals surface area contributed by atoms with Crippen molar-refractivity contribution in [3.05, 3.63) is 47.3 Å². The molecule has 0 radical (unpaired) electrons. The fourth-order valence-corrected chi connectivity index (χ4v) is 5.66. The highest BCUT2D eigenvalue weighted by Gasteiger charge is 2.31. The van der Waals surface area contributed by atoms with Gasteiger partial charge in [0.2, 0.25) is 5.91 Å². The van der Waals surface area contributed by atoms with Crippen LogP contribution in [0.3, 0.4) is 0 Å². The van der Waals surface area contributed by atoms with Gasteiger partial charge in [0, 0.05) is 55.4 Å². The van der Waals surface area contributed by atoms with Crippen LogP contribution in [0.25, 0.3) is 0 Å². The zero-order valence-electron chi connectivity index (χ0n) is 20.2. The predicted molar refractivity (Wildman–Crippen MR) is 133 cm³/mol. The van der Waals surface area contributed by atoms with E-state index in [-0.39, 0.29) is 11.8 Å². The van der Waals surface area contributed by atoms with Gasteiger partial charge in [-0.1, -0.05) is 25.1 Å². The van der Waals surface area contributed by atoms with E-state index in [9.17, 15) is 9.59 Å². The molecular weight excluding hydrogens is 450 g/mol. The van der Waals surface area contributed by atoms with Crippen LogP contribution in [0, 0.1) is 0 Å². The van der Waals surface area contributed by atoms with Crippen LogP contribution in [-0.4, -0.2) is 83.1 Å². The highest BCUT2D eigenvalue weighted by Crippen LogP contribution is 2.25. The Hall–Kier alpha value is -2.36. The molecule has 184 valence electrons. The first-order chi connectivity index (χ1) is 16.6. The fraction of sp³-hybridized carbons (Fsp3) is 0.560. The Balaban J connectivity index is 1.45. The molecule has 1 saturated heterocycles. The van der Waals surface area contributed by atoms with Gasteiger partial charge >= 0.3 is 0 Å². The largest absolute Gasteiger partial charge is 0.383 e. The number of rotatable bonds is 10. The molecule has 0 aliphatic carbocycles. The van der Waals surface area contributed by atoms with Gasteiger partial charge < -0.3 is 15.0 Å². The summed E-state index contributed by atoms with van der Waals surface area (Å²) in [5.74, 6) is 0.316. The summed E-state index contributed by atoms with van der Waals surface area (Å²) in [7, 11) is 1.66. The Morgan fingerprint density at radius 3 is 2.82 bits per heavy atom. The zero-order valence-corrected chi connectivity index (χ0v) is 21.0. The molecule has 1 N–H and O–H groups in total. The minimum atomic E-state index is -0.150. The molecule has 2 aliphatic heterocycles. The number of nitrogens with one attached hydrogen (secondary N) is 1. The Kier molecular flexibility index (Phi) is 8.64. The number of carbonyl (C=O) groups excluding carboxylic acids is 2. The number of likely N-dealkylation sites (N-methyl/N-ethyl adjacent to an activating group) is 1. The van der Waals surface area contributed by atoms with E-state index in [4.69, 9.17) is 4.74 Å². The molecule has 9 heteroatoms. The molecule has 0 saturated carbocycles. The molecule has 4 rings (SSSR count). The highest BCUT2D eigenvalue weighted by atomic mass is 32.2. The van der Waals surface area contributed by atoms with Crippen molar-refractivity contribution in [3.8, 4) is 0 Å². The lowest BCUT2D eigenvalue weighted by molar-refractivity contribution is -0.129. The molecule has 1 atom stereocenters. The molecule has 1 aromatic carbocycles. The number of methoxy groups -OCH3 is 1. The van der Waals surface area contributed by atoms with Gasteiger partial charge in [0.1, 0.15) is 0 Å². The topological polar surface area (TPSA) is 79.7 Å². The maximum absolute atomic E-state index is 13.2. The number of amides is 2. The SMILES string of the molecule is CCN1CCC[C@H]1CNC(=O)c1nn(CCOC)c2c1CN(C(=O)CSc1ccccc1)CC2. The van der Waals surface area contributed by atoms with Crippen LogP contribution in [0.2, 0.25) is 0 Å². The standard InChI is InChI=1S/C25H35N5O3S/c1-3-28-12-7-8-19(28)16-26-25(32)24-21-17-29(13-11-22(21)30(27-24)14-15-33-2)23(31)18-34-20-9-5-4-6-10-20/h4-6,9-10,19H,3,7-8,11-18H2,1-2H3,(H,26,32)/t19-/m0/s1. The average Bonchev–Trinajstić information content (AvgIpc) is 3.49. The minimum Gasteiger partial charge on any atom is -0.383 e. The monoisotopic (exact) mass is 485 g/mol. The first kappa shape index (κ1) is 24.8. The summed E-state index contributed by atoms with van der Waals surface area (Å²) in [6, 6.07) is 10.3. The number of likely N-dealkylation sites (tertiary alicyclic amines) is 1. The summed E-state index contributed by atoms with van der Waals surface area (Å²) in [5, 5.41) is 7.79. The number of hydrogen-bond donors (Lipinski definition) is 1. The maximum atomic E-state index is 13.2. The molecule has 2 aromatic rings. The van der Waals surface area contributed by atoms with E-state index in [0.29, 0.717) is 56.7 Å². The number of fused-ring (bicyclic) bond motifs is 1. The number of nitrogens with zero attached hydrogens (tertiary/aromatic N) is 4. The van der Waals surface area contributed by atoms with Gasteiger partial charge in [-0.2, -0.15) is 5.10 Å². The number of thioether (sulfide) groups is 1. The van der Waals surface area contributed by atoms with Crippen LogP contribution in [-0.2, 0) is 29.0 Å². The predicted octanol–water partition coefficient (Wildman–Crippen LogP) is 2.42.